The van der Waals surface area contributed by atoms with Crippen molar-refractivity contribution in [3.63, 3.8) is 0 Å². The zero-order valence-electron chi connectivity index (χ0n) is 12.0. The van der Waals surface area contributed by atoms with Crippen LogP contribution >= 0.6 is 0 Å². The van der Waals surface area contributed by atoms with Gasteiger partial charge in [-0.2, -0.15) is 0 Å². The number of hydrogen-bond donors (Lipinski definition) is 3. The second kappa shape index (κ2) is 7.05. The Hall–Kier alpha value is -2.12. The Kier molecular flexibility index (Phi) is 5.69. The number of methoxy groups -OCH3 is 2. The summed E-state index contributed by atoms with van der Waals surface area (Å²) in [5, 5.41) is 29.9. The molecule has 21 heavy (non-hydrogen) atoms. The van der Waals surface area contributed by atoms with Crippen LogP contribution in [0.25, 0.3) is 0 Å². The quantitative estimate of drug-likeness (QED) is 0.528. The van der Waals surface area contributed by atoms with Crippen molar-refractivity contribution in [3.8, 4) is 11.5 Å². The number of ketones is 1. The molecule has 0 bridgehead atoms. The van der Waals surface area contributed by atoms with Crippen LogP contribution in [0.15, 0.2) is 12.1 Å². The first-order valence-corrected chi connectivity index (χ1v) is 6.17. The molecule has 0 saturated heterocycles. The Morgan fingerprint density at radius 3 is 2.33 bits per heavy atom. The number of benzene rings is 1. The molecule has 7 nitrogen and oxygen atoms in total. The lowest BCUT2D eigenvalue weighted by atomic mass is 9.97. The largest absolute Gasteiger partial charge is 0.507 e. The molecule has 1 aromatic carbocycles. The van der Waals surface area contributed by atoms with Crippen molar-refractivity contribution < 1.29 is 34.4 Å². The summed E-state index contributed by atoms with van der Waals surface area (Å²) in [7, 11) is 2.44. The monoisotopic (exact) mass is 298 g/mol. The molecule has 0 saturated carbocycles. The number of phenols is 2. The molecule has 0 heterocycles. The van der Waals surface area contributed by atoms with Crippen molar-refractivity contribution in [3.05, 3.63) is 23.3 Å². The van der Waals surface area contributed by atoms with E-state index in [9.17, 15) is 24.9 Å². The van der Waals surface area contributed by atoms with Gasteiger partial charge < -0.3 is 24.8 Å². The molecule has 0 unspecified atom stereocenters. The highest BCUT2D eigenvalue weighted by atomic mass is 16.6. The third-order valence-corrected chi connectivity index (χ3v) is 3.09. The van der Waals surface area contributed by atoms with Crippen molar-refractivity contribution >= 4 is 11.8 Å². The first kappa shape index (κ1) is 16.9. The Balaban J connectivity index is 3.12. The van der Waals surface area contributed by atoms with Gasteiger partial charge in [-0.05, 0) is 19.1 Å². The maximum absolute atomic E-state index is 11.4. The molecule has 0 fully saturated rings. The van der Waals surface area contributed by atoms with Gasteiger partial charge in [-0.1, -0.05) is 0 Å². The molecule has 2 atom stereocenters. The van der Waals surface area contributed by atoms with Gasteiger partial charge in [0.2, 0.25) is 0 Å². The summed E-state index contributed by atoms with van der Waals surface area (Å²) in [5.74, 6) is -2.02. The molecule has 7 heteroatoms. The van der Waals surface area contributed by atoms with Crippen LogP contribution in [0.4, 0.5) is 0 Å². The van der Waals surface area contributed by atoms with E-state index in [4.69, 9.17) is 4.74 Å². The van der Waals surface area contributed by atoms with Gasteiger partial charge in [0.15, 0.2) is 11.9 Å². The molecule has 0 aliphatic rings. The van der Waals surface area contributed by atoms with E-state index in [1.807, 2.05) is 0 Å². The van der Waals surface area contributed by atoms with Gasteiger partial charge in [0.05, 0.1) is 24.3 Å². The summed E-state index contributed by atoms with van der Waals surface area (Å²) in [6.07, 6.45) is -2.72. The average Bonchev–Trinajstić information content (AvgIpc) is 2.43. The SMILES string of the molecule is COC(=O)[C@@H](C[C@@H](O)c1c(O)ccc(C(C)=O)c1O)OC. The van der Waals surface area contributed by atoms with Crippen LogP contribution in [0.5, 0.6) is 11.5 Å². The molecule has 0 aliphatic carbocycles. The van der Waals surface area contributed by atoms with Gasteiger partial charge >= 0.3 is 5.97 Å². The average molecular weight is 298 g/mol. The molecule has 1 aromatic rings. The number of phenolic OH excluding ortho intramolecular Hbond substituents is 2. The minimum atomic E-state index is -1.41. The van der Waals surface area contributed by atoms with E-state index in [0.29, 0.717) is 0 Å². The van der Waals surface area contributed by atoms with Crippen LogP contribution in [-0.4, -0.2) is 47.4 Å². The Morgan fingerprint density at radius 1 is 1.24 bits per heavy atom. The van der Waals surface area contributed by atoms with Gasteiger partial charge in [0, 0.05) is 13.5 Å². The summed E-state index contributed by atoms with van der Waals surface area (Å²) in [4.78, 5) is 22.8. The number of rotatable bonds is 6. The molecule has 0 aliphatic heterocycles. The fourth-order valence-corrected chi connectivity index (χ4v) is 1.95. The second-order valence-corrected chi connectivity index (χ2v) is 4.45. The van der Waals surface area contributed by atoms with E-state index in [1.54, 1.807) is 0 Å². The number of carbonyl (C=O) groups excluding carboxylic acids is 2. The Morgan fingerprint density at radius 2 is 1.86 bits per heavy atom. The number of hydrogen-bond acceptors (Lipinski definition) is 7. The number of esters is 1. The van der Waals surface area contributed by atoms with Crippen LogP contribution in [0.3, 0.4) is 0 Å². The summed E-state index contributed by atoms with van der Waals surface area (Å²) in [6.45, 7) is 1.24. The standard InChI is InChI=1S/C14H18O7/c1-7(15)8-4-5-9(16)12(13(8)18)10(17)6-11(20-2)14(19)21-3/h4-5,10-11,16-18H,6H2,1-3H3/t10-,11-/m1/s1. The smallest absolute Gasteiger partial charge is 0.335 e. The molecule has 0 radical (unpaired) electrons. The number of carbonyl (C=O) groups is 2. The first-order valence-electron chi connectivity index (χ1n) is 6.17. The number of aliphatic hydroxyl groups excluding tert-OH is 1. The van der Waals surface area contributed by atoms with Crippen molar-refractivity contribution in [1.82, 2.24) is 0 Å². The minimum Gasteiger partial charge on any atom is -0.507 e. The molecule has 116 valence electrons. The van der Waals surface area contributed by atoms with Crippen LogP contribution in [-0.2, 0) is 14.3 Å². The first-order chi connectivity index (χ1) is 9.83. The Labute approximate surface area is 121 Å². The normalized spacial score (nSPS) is 13.5. The van der Waals surface area contributed by atoms with Crippen LogP contribution < -0.4 is 0 Å². The van der Waals surface area contributed by atoms with Crippen molar-refractivity contribution in [2.45, 2.75) is 25.6 Å². The maximum Gasteiger partial charge on any atom is 0.335 e. The lowest BCUT2D eigenvalue weighted by Crippen LogP contribution is -2.26. The predicted molar refractivity (Wildman–Crippen MR) is 72.2 cm³/mol. The molecule has 0 amide bonds. The summed E-state index contributed by atoms with van der Waals surface area (Å²) < 4.78 is 9.40. The number of ether oxygens (including phenoxy) is 2. The van der Waals surface area contributed by atoms with Crippen molar-refractivity contribution in [2.24, 2.45) is 0 Å². The van der Waals surface area contributed by atoms with Crippen molar-refractivity contribution in [2.75, 3.05) is 14.2 Å². The van der Waals surface area contributed by atoms with Gasteiger partial charge in [0.25, 0.3) is 0 Å². The van der Waals surface area contributed by atoms with Crippen LogP contribution in [0.1, 0.15) is 35.4 Å². The fourth-order valence-electron chi connectivity index (χ4n) is 1.95. The lowest BCUT2D eigenvalue weighted by Gasteiger charge is -2.19. The molecule has 1 rings (SSSR count). The third-order valence-electron chi connectivity index (χ3n) is 3.09. The van der Waals surface area contributed by atoms with E-state index in [2.05, 4.69) is 4.74 Å². The van der Waals surface area contributed by atoms with E-state index in [1.165, 1.54) is 33.3 Å². The number of Topliss-reactive ketones (excluding diaryl/α,β-unsaturated/α-hetero) is 1. The third kappa shape index (κ3) is 3.71. The lowest BCUT2D eigenvalue weighted by molar-refractivity contribution is -0.154. The zero-order chi connectivity index (χ0) is 16.2. The highest BCUT2D eigenvalue weighted by Gasteiger charge is 2.28. The van der Waals surface area contributed by atoms with Gasteiger partial charge in [-0.15, -0.1) is 0 Å². The molecular weight excluding hydrogens is 280 g/mol. The van der Waals surface area contributed by atoms with Gasteiger partial charge in [-0.25, -0.2) is 4.79 Å². The van der Waals surface area contributed by atoms with E-state index < -0.39 is 29.7 Å². The van der Waals surface area contributed by atoms with Crippen LogP contribution in [0, 0.1) is 0 Å². The molecular formula is C14H18O7. The Bertz CT molecular complexity index is 538. The summed E-state index contributed by atoms with van der Waals surface area (Å²) in [5.41, 5.74) is -0.262. The summed E-state index contributed by atoms with van der Waals surface area (Å²) in [6, 6.07) is 2.44. The molecule has 0 spiro atoms. The van der Waals surface area contributed by atoms with Gasteiger partial charge in [-0.3, -0.25) is 4.79 Å². The topological polar surface area (TPSA) is 113 Å². The second-order valence-electron chi connectivity index (χ2n) is 4.45. The zero-order valence-corrected chi connectivity index (χ0v) is 12.0. The molecule has 3 N–H and O–H groups in total. The minimum absolute atomic E-state index is 0.0334. The number of aromatic hydroxyl groups is 2. The highest BCUT2D eigenvalue weighted by Crippen LogP contribution is 2.37. The fraction of sp³-hybridized carbons (Fsp3) is 0.429. The van der Waals surface area contributed by atoms with Crippen molar-refractivity contribution in [1.29, 1.82) is 0 Å². The highest BCUT2D eigenvalue weighted by molar-refractivity contribution is 5.97. The van der Waals surface area contributed by atoms with Gasteiger partial charge in [0.1, 0.15) is 11.5 Å². The molecule has 0 aromatic heterocycles. The predicted octanol–water partition coefficient (Wildman–Crippen LogP) is 0.912. The maximum atomic E-state index is 11.4. The van der Waals surface area contributed by atoms with E-state index in [-0.39, 0.29) is 23.3 Å². The van der Waals surface area contributed by atoms with E-state index >= 15 is 0 Å². The number of aliphatic hydroxyl groups is 1. The van der Waals surface area contributed by atoms with E-state index in [0.717, 1.165) is 0 Å². The van der Waals surface area contributed by atoms with Crippen LogP contribution in [0.2, 0.25) is 0 Å². The summed E-state index contributed by atoms with van der Waals surface area (Å²) >= 11 is 0.